The zero-order valence-corrected chi connectivity index (χ0v) is 10.8. The summed E-state index contributed by atoms with van der Waals surface area (Å²) < 4.78 is 0. The van der Waals surface area contributed by atoms with Crippen LogP contribution >= 0.6 is 0 Å². The summed E-state index contributed by atoms with van der Waals surface area (Å²) in [6, 6.07) is 20.1. The van der Waals surface area contributed by atoms with E-state index in [1.54, 1.807) is 0 Å². The molecule has 0 aliphatic rings. The molecule has 2 rings (SSSR count). The Kier molecular flexibility index (Phi) is 3.96. The van der Waals surface area contributed by atoms with Crippen LogP contribution < -0.4 is 0 Å². The van der Waals surface area contributed by atoms with Crippen LogP contribution in [-0.4, -0.2) is 0 Å². The van der Waals surface area contributed by atoms with E-state index < -0.39 is 0 Å². The molecule has 0 radical (unpaired) electrons. The maximum atomic E-state index is 8.80. The number of nitrogens with zero attached hydrogens (tertiary/aromatic N) is 2. The van der Waals surface area contributed by atoms with Gasteiger partial charge in [0.2, 0.25) is 0 Å². The molecule has 0 N–H and O–H groups in total. The van der Waals surface area contributed by atoms with Crippen LogP contribution in [0, 0.1) is 28.6 Å². The van der Waals surface area contributed by atoms with Crippen molar-refractivity contribution in [3.05, 3.63) is 59.7 Å². The predicted octanol–water partition coefficient (Wildman–Crippen LogP) is 3.93. The van der Waals surface area contributed by atoms with Gasteiger partial charge in [0.15, 0.2) is 0 Å². The standard InChI is InChI=1S/C17H14N2/c1-13(11-18)10-14-2-6-16(7-3-14)17-8-4-15(12-19)5-9-17/h2-9,13H,10H2,1H3. The molecule has 2 aromatic carbocycles. The molecule has 2 aromatic rings. The molecule has 0 aliphatic heterocycles. The summed E-state index contributed by atoms with van der Waals surface area (Å²) in [6.45, 7) is 1.93. The molecule has 0 fully saturated rings. The third kappa shape index (κ3) is 3.21. The Morgan fingerprint density at radius 3 is 1.89 bits per heavy atom. The first-order chi connectivity index (χ1) is 9.22. The summed E-state index contributed by atoms with van der Waals surface area (Å²) in [5.41, 5.74) is 4.06. The highest BCUT2D eigenvalue weighted by Crippen LogP contribution is 2.21. The van der Waals surface area contributed by atoms with E-state index in [0.29, 0.717) is 5.56 Å². The van der Waals surface area contributed by atoms with Crippen LogP contribution in [0.1, 0.15) is 18.1 Å². The van der Waals surface area contributed by atoms with E-state index in [4.69, 9.17) is 10.5 Å². The van der Waals surface area contributed by atoms with Crippen molar-refractivity contribution in [3.8, 4) is 23.3 Å². The molecule has 2 heteroatoms. The van der Waals surface area contributed by atoms with Gasteiger partial charge in [0.1, 0.15) is 0 Å². The van der Waals surface area contributed by atoms with Crippen LogP contribution in [0.3, 0.4) is 0 Å². The molecule has 0 saturated carbocycles. The van der Waals surface area contributed by atoms with Crippen molar-refractivity contribution in [2.75, 3.05) is 0 Å². The number of benzene rings is 2. The Hall–Kier alpha value is -2.58. The van der Waals surface area contributed by atoms with Crippen molar-refractivity contribution in [2.24, 2.45) is 5.92 Å². The normalized spacial score (nSPS) is 11.3. The summed E-state index contributed by atoms with van der Waals surface area (Å²) in [7, 11) is 0. The fourth-order valence-electron chi connectivity index (χ4n) is 1.97. The van der Waals surface area contributed by atoms with Gasteiger partial charge in [-0.2, -0.15) is 10.5 Å². The second-order valence-electron chi connectivity index (χ2n) is 4.62. The molecule has 0 amide bonds. The second kappa shape index (κ2) is 5.85. The second-order valence-corrected chi connectivity index (χ2v) is 4.62. The fraction of sp³-hybridized carbons (Fsp3) is 0.176. The summed E-state index contributed by atoms with van der Waals surface area (Å²) in [4.78, 5) is 0. The Bertz CT molecular complexity index is 625. The van der Waals surface area contributed by atoms with E-state index >= 15 is 0 Å². The zero-order chi connectivity index (χ0) is 13.7. The molecular formula is C17H14N2. The predicted molar refractivity (Wildman–Crippen MR) is 75.1 cm³/mol. The van der Waals surface area contributed by atoms with Gasteiger partial charge in [-0.15, -0.1) is 0 Å². The average Bonchev–Trinajstić information content (AvgIpc) is 2.48. The monoisotopic (exact) mass is 246 g/mol. The summed E-state index contributed by atoms with van der Waals surface area (Å²) >= 11 is 0. The van der Waals surface area contributed by atoms with E-state index in [1.165, 1.54) is 5.56 Å². The molecule has 0 aliphatic carbocycles. The fourth-order valence-corrected chi connectivity index (χ4v) is 1.97. The number of rotatable bonds is 3. The highest BCUT2D eigenvalue weighted by atomic mass is 14.3. The minimum Gasteiger partial charge on any atom is -0.198 e. The molecule has 0 saturated heterocycles. The van der Waals surface area contributed by atoms with Crippen LogP contribution in [-0.2, 0) is 6.42 Å². The molecule has 0 spiro atoms. The Balaban J connectivity index is 2.18. The van der Waals surface area contributed by atoms with Gasteiger partial charge in [-0.25, -0.2) is 0 Å². The van der Waals surface area contributed by atoms with Crippen molar-refractivity contribution in [2.45, 2.75) is 13.3 Å². The van der Waals surface area contributed by atoms with Gasteiger partial charge in [-0.3, -0.25) is 0 Å². The lowest BCUT2D eigenvalue weighted by Gasteiger charge is -2.05. The van der Waals surface area contributed by atoms with Gasteiger partial charge in [-0.05, 0) is 42.2 Å². The molecule has 0 bridgehead atoms. The lowest BCUT2D eigenvalue weighted by molar-refractivity contribution is 0.739. The quantitative estimate of drug-likeness (QED) is 0.823. The van der Waals surface area contributed by atoms with Crippen molar-refractivity contribution in [1.82, 2.24) is 0 Å². The molecule has 0 heterocycles. The number of hydrogen-bond acceptors (Lipinski definition) is 2. The van der Waals surface area contributed by atoms with Crippen molar-refractivity contribution >= 4 is 0 Å². The van der Waals surface area contributed by atoms with Gasteiger partial charge < -0.3 is 0 Å². The van der Waals surface area contributed by atoms with E-state index in [2.05, 4.69) is 36.4 Å². The molecular weight excluding hydrogens is 232 g/mol. The van der Waals surface area contributed by atoms with Crippen molar-refractivity contribution in [3.63, 3.8) is 0 Å². The first-order valence-corrected chi connectivity index (χ1v) is 6.22. The Morgan fingerprint density at radius 1 is 0.895 bits per heavy atom. The maximum absolute atomic E-state index is 8.80. The van der Waals surface area contributed by atoms with Crippen molar-refractivity contribution in [1.29, 1.82) is 10.5 Å². The molecule has 1 unspecified atom stereocenters. The minimum atomic E-state index is 0.0424. The third-order valence-corrected chi connectivity index (χ3v) is 3.06. The summed E-state index contributed by atoms with van der Waals surface area (Å²) in [6.07, 6.45) is 0.782. The molecule has 0 aromatic heterocycles. The smallest absolute Gasteiger partial charge is 0.0991 e. The van der Waals surface area contributed by atoms with Crippen LogP contribution in [0.5, 0.6) is 0 Å². The van der Waals surface area contributed by atoms with Gasteiger partial charge in [-0.1, -0.05) is 36.4 Å². The first kappa shape index (κ1) is 12.9. The maximum Gasteiger partial charge on any atom is 0.0991 e. The minimum absolute atomic E-state index is 0.0424. The van der Waals surface area contributed by atoms with Crippen molar-refractivity contribution < 1.29 is 0 Å². The summed E-state index contributed by atoms with van der Waals surface area (Å²) in [5.74, 6) is 0.0424. The van der Waals surface area contributed by atoms with E-state index in [0.717, 1.165) is 17.5 Å². The Labute approximate surface area is 113 Å². The van der Waals surface area contributed by atoms with Crippen LogP contribution in [0.25, 0.3) is 11.1 Å². The molecule has 19 heavy (non-hydrogen) atoms. The average molecular weight is 246 g/mol. The molecule has 2 nitrogen and oxygen atoms in total. The highest BCUT2D eigenvalue weighted by Gasteiger charge is 2.03. The molecule has 92 valence electrons. The van der Waals surface area contributed by atoms with Crippen LogP contribution in [0.4, 0.5) is 0 Å². The topological polar surface area (TPSA) is 47.6 Å². The van der Waals surface area contributed by atoms with E-state index in [9.17, 15) is 0 Å². The highest BCUT2D eigenvalue weighted by molar-refractivity contribution is 5.64. The zero-order valence-electron chi connectivity index (χ0n) is 10.8. The number of hydrogen-bond donors (Lipinski definition) is 0. The van der Waals surface area contributed by atoms with Gasteiger partial charge in [0.25, 0.3) is 0 Å². The van der Waals surface area contributed by atoms with Crippen LogP contribution in [0.15, 0.2) is 48.5 Å². The first-order valence-electron chi connectivity index (χ1n) is 6.22. The Morgan fingerprint density at radius 2 is 1.42 bits per heavy atom. The van der Waals surface area contributed by atoms with Crippen LogP contribution in [0.2, 0.25) is 0 Å². The van der Waals surface area contributed by atoms with E-state index in [1.807, 2.05) is 31.2 Å². The molecule has 1 atom stereocenters. The third-order valence-electron chi connectivity index (χ3n) is 3.06. The van der Waals surface area contributed by atoms with Gasteiger partial charge >= 0.3 is 0 Å². The SMILES string of the molecule is CC(C#N)Cc1ccc(-c2ccc(C#N)cc2)cc1. The van der Waals surface area contributed by atoms with E-state index in [-0.39, 0.29) is 5.92 Å². The largest absolute Gasteiger partial charge is 0.198 e. The lowest BCUT2D eigenvalue weighted by Crippen LogP contribution is -1.95. The summed E-state index contributed by atoms with van der Waals surface area (Å²) in [5, 5.41) is 17.6. The lowest BCUT2D eigenvalue weighted by atomic mass is 9.98. The van der Waals surface area contributed by atoms with Gasteiger partial charge in [0, 0.05) is 5.92 Å². The number of nitriles is 2. The van der Waals surface area contributed by atoms with Gasteiger partial charge in [0.05, 0.1) is 17.7 Å².